The summed E-state index contributed by atoms with van der Waals surface area (Å²) in [5.74, 6) is 0.768. The molecule has 0 spiro atoms. The van der Waals surface area contributed by atoms with Crippen molar-refractivity contribution >= 4 is 46.1 Å². The lowest BCUT2D eigenvalue weighted by Crippen LogP contribution is -2.58. The SMILES string of the molecule is CCC1CN(c2ncc(Nc3c(NC4CC4)c(=O)c3=O)cc2Cl)CCN1C1CCN(Cc2ccc(Cl)cc2)CC1. The van der Waals surface area contributed by atoms with E-state index in [0.29, 0.717) is 40.2 Å². The molecule has 40 heavy (non-hydrogen) atoms. The number of nitrogens with zero attached hydrogens (tertiary/aromatic N) is 4. The molecular weight excluding hydrogens is 547 g/mol. The van der Waals surface area contributed by atoms with Crippen LogP contribution in [0.15, 0.2) is 46.1 Å². The normalized spacial score (nSPS) is 21.2. The summed E-state index contributed by atoms with van der Waals surface area (Å²) in [5.41, 5.74) is 1.65. The molecule has 8 nitrogen and oxygen atoms in total. The summed E-state index contributed by atoms with van der Waals surface area (Å²) in [6.07, 6.45) is 7.17. The molecule has 2 saturated heterocycles. The molecule has 3 fully saturated rings. The van der Waals surface area contributed by atoms with Gasteiger partial charge in [-0.25, -0.2) is 4.98 Å². The summed E-state index contributed by atoms with van der Waals surface area (Å²) in [6, 6.07) is 11.3. The van der Waals surface area contributed by atoms with E-state index in [0.717, 1.165) is 69.4 Å². The quantitative estimate of drug-likeness (QED) is 0.346. The van der Waals surface area contributed by atoms with Crippen LogP contribution in [0.2, 0.25) is 10.0 Å². The minimum atomic E-state index is -0.499. The fourth-order valence-corrected chi connectivity index (χ4v) is 6.53. The van der Waals surface area contributed by atoms with E-state index in [9.17, 15) is 9.59 Å². The van der Waals surface area contributed by atoms with Crippen LogP contribution in [0.25, 0.3) is 0 Å². The standard InChI is InChI=1S/C30H36Cl2N6O2/c1-2-23-18-37(13-14-38(23)24-9-11-36(12-10-24)17-19-3-5-20(31)6-4-19)30-25(32)15-22(16-33-30)35-27-26(28(39)29(27)40)34-21-7-8-21/h3-6,15-16,21,23-24,34-35H,2,7-14,17-18H2,1H3. The van der Waals surface area contributed by atoms with Crippen LogP contribution in [0.1, 0.15) is 44.6 Å². The molecule has 3 aliphatic rings. The van der Waals surface area contributed by atoms with Crippen molar-refractivity contribution in [2.75, 3.05) is 48.3 Å². The van der Waals surface area contributed by atoms with Gasteiger partial charge in [0.15, 0.2) is 0 Å². The zero-order valence-electron chi connectivity index (χ0n) is 22.8. The number of hydrogen-bond donors (Lipinski definition) is 2. The molecule has 0 radical (unpaired) electrons. The van der Waals surface area contributed by atoms with Gasteiger partial charge in [-0.15, -0.1) is 0 Å². The monoisotopic (exact) mass is 582 g/mol. The van der Waals surface area contributed by atoms with E-state index in [1.807, 2.05) is 12.1 Å². The molecule has 2 aliphatic heterocycles. The van der Waals surface area contributed by atoms with Gasteiger partial charge in [0, 0.05) is 49.3 Å². The molecule has 1 atom stereocenters. The van der Waals surface area contributed by atoms with E-state index in [-0.39, 0.29) is 0 Å². The molecule has 1 aromatic heterocycles. The highest BCUT2D eigenvalue weighted by Gasteiger charge is 2.34. The van der Waals surface area contributed by atoms with Crippen LogP contribution in [0.5, 0.6) is 0 Å². The molecule has 0 bridgehead atoms. The van der Waals surface area contributed by atoms with Crippen molar-refractivity contribution in [3.63, 3.8) is 0 Å². The van der Waals surface area contributed by atoms with Gasteiger partial charge in [-0.1, -0.05) is 42.3 Å². The second-order valence-corrected chi connectivity index (χ2v) is 12.2. The molecular formula is C30H36Cl2N6O2. The summed E-state index contributed by atoms with van der Waals surface area (Å²) < 4.78 is 0. The highest BCUT2D eigenvalue weighted by Crippen LogP contribution is 2.33. The first kappa shape index (κ1) is 27.5. The Morgan fingerprint density at radius 2 is 1.68 bits per heavy atom. The number of likely N-dealkylation sites (tertiary alicyclic amines) is 1. The first-order chi connectivity index (χ1) is 19.4. The van der Waals surface area contributed by atoms with Gasteiger partial charge < -0.3 is 15.5 Å². The highest BCUT2D eigenvalue weighted by atomic mass is 35.5. The zero-order valence-corrected chi connectivity index (χ0v) is 24.3. The Hall–Kier alpha value is -2.65. The molecule has 10 heteroatoms. The van der Waals surface area contributed by atoms with Crippen molar-refractivity contribution in [2.24, 2.45) is 0 Å². The topological polar surface area (TPSA) is 80.8 Å². The van der Waals surface area contributed by atoms with Crippen LogP contribution in [-0.4, -0.2) is 65.6 Å². The van der Waals surface area contributed by atoms with Crippen LogP contribution in [-0.2, 0) is 6.54 Å². The molecule has 0 amide bonds. The van der Waals surface area contributed by atoms with Gasteiger partial charge in [-0.2, -0.15) is 0 Å². The van der Waals surface area contributed by atoms with E-state index >= 15 is 0 Å². The predicted molar refractivity (Wildman–Crippen MR) is 163 cm³/mol. The summed E-state index contributed by atoms with van der Waals surface area (Å²) >= 11 is 12.8. The van der Waals surface area contributed by atoms with Crippen molar-refractivity contribution < 1.29 is 0 Å². The number of nitrogens with one attached hydrogen (secondary N) is 2. The van der Waals surface area contributed by atoms with Gasteiger partial charge in [0.2, 0.25) is 0 Å². The number of halogens is 2. The first-order valence-electron chi connectivity index (χ1n) is 14.4. The Bertz CT molecular complexity index is 1410. The van der Waals surface area contributed by atoms with Crippen molar-refractivity contribution in [2.45, 2.75) is 63.7 Å². The number of anilines is 4. The molecule has 3 heterocycles. The van der Waals surface area contributed by atoms with E-state index < -0.39 is 10.9 Å². The average Bonchev–Trinajstić information content (AvgIpc) is 3.80. The lowest BCUT2D eigenvalue weighted by molar-refractivity contribution is 0.0610. The average molecular weight is 584 g/mol. The number of piperazine rings is 1. The van der Waals surface area contributed by atoms with Crippen molar-refractivity contribution in [3.8, 4) is 0 Å². The maximum absolute atomic E-state index is 12.1. The number of aromatic nitrogens is 1. The van der Waals surface area contributed by atoms with E-state index in [4.69, 9.17) is 23.2 Å². The van der Waals surface area contributed by atoms with Crippen molar-refractivity contribution in [1.29, 1.82) is 0 Å². The minimum Gasteiger partial charge on any atom is -0.377 e. The molecule has 1 unspecified atom stereocenters. The van der Waals surface area contributed by atoms with E-state index in [1.165, 1.54) is 18.4 Å². The maximum atomic E-state index is 12.1. The third-order valence-electron chi connectivity index (χ3n) is 8.57. The number of pyridine rings is 1. The van der Waals surface area contributed by atoms with Crippen molar-refractivity contribution in [3.05, 3.63) is 72.6 Å². The van der Waals surface area contributed by atoms with Crippen LogP contribution in [0.3, 0.4) is 0 Å². The number of benzene rings is 1. The Morgan fingerprint density at radius 3 is 2.35 bits per heavy atom. The molecule has 2 aromatic carbocycles. The number of piperidine rings is 1. The fourth-order valence-electron chi connectivity index (χ4n) is 6.12. The summed E-state index contributed by atoms with van der Waals surface area (Å²) in [4.78, 5) is 36.3. The Balaban J connectivity index is 1.05. The third-order valence-corrected chi connectivity index (χ3v) is 9.10. The lowest BCUT2D eigenvalue weighted by atomic mass is 9.98. The van der Waals surface area contributed by atoms with Gasteiger partial charge in [0.25, 0.3) is 10.9 Å². The Labute approximate surface area is 245 Å². The molecule has 212 valence electrons. The van der Waals surface area contributed by atoms with E-state index in [2.05, 4.69) is 49.4 Å². The largest absolute Gasteiger partial charge is 0.377 e. The van der Waals surface area contributed by atoms with Crippen molar-refractivity contribution in [1.82, 2.24) is 14.8 Å². The van der Waals surface area contributed by atoms with Gasteiger partial charge >= 0.3 is 0 Å². The molecule has 1 saturated carbocycles. The highest BCUT2D eigenvalue weighted by molar-refractivity contribution is 6.33. The fraction of sp³-hybridized carbons (Fsp3) is 0.500. The predicted octanol–water partition coefficient (Wildman–Crippen LogP) is 4.87. The van der Waals surface area contributed by atoms with Crippen LogP contribution < -0.4 is 26.4 Å². The van der Waals surface area contributed by atoms with Crippen LogP contribution in [0, 0.1) is 0 Å². The number of rotatable bonds is 9. The second-order valence-electron chi connectivity index (χ2n) is 11.4. The zero-order chi connectivity index (χ0) is 27.8. The van der Waals surface area contributed by atoms with Crippen LogP contribution in [0.4, 0.5) is 22.9 Å². The van der Waals surface area contributed by atoms with Gasteiger partial charge in [0.05, 0.1) is 16.9 Å². The lowest BCUT2D eigenvalue weighted by Gasteiger charge is -2.47. The molecule has 6 rings (SSSR count). The Kier molecular flexibility index (Phi) is 8.04. The molecule has 2 N–H and O–H groups in total. The number of hydrogen-bond acceptors (Lipinski definition) is 8. The van der Waals surface area contributed by atoms with E-state index in [1.54, 1.807) is 12.3 Å². The summed E-state index contributed by atoms with van der Waals surface area (Å²) in [5, 5.41) is 7.54. The van der Waals surface area contributed by atoms with Gasteiger partial charge in [-0.3, -0.25) is 19.4 Å². The van der Waals surface area contributed by atoms with Gasteiger partial charge in [0.1, 0.15) is 17.2 Å². The Morgan fingerprint density at radius 1 is 0.950 bits per heavy atom. The minimum absolute atomic E-state index is 0.292. The van der Waals surface area contributed by atoms with Crippen LogP contribution >= 0.6 is 23.2 Å². The smallest absolute Gasteiger partial charge is 0.253 e. The van der Waals surface area contributed by atoms with Gasteiger partial charge in [-0.05, 0) is 69.0 Å². The summed E-state index contributed by atoms with van der Waals surface area (Å²) in [6.45, 7) is 8.18. The maximum Gasteiger partial charge on any atom is 0.253 e. The first-order valence-corrected chi connectivity index (χ1v) is 15.1. The molecule has 3 aromatic rings. The third kappa shape index (κ3) is 5.86. The molecule has 1 aliphatic carbocycles. The summed E-state index contributed by atoms with van der Waals surface area (Å²) in [7, 11) is 0. The second kappa shape index (κ2) is 11.7.